The fourth-order valence-electron chi connectivity index (χ4n) is 2.55. The molecule has 1 amide bonds. The van der Waals surface area contributed by atoms with Gasteiger partial charge in [0.05, 0.1) is 13.7 Å². The lowest BCUT2D eigenvalue weighted by atomic mass is 10.0. The van der Waals surface area contributed by atoms with Gasteiger partial charge >= 0.3 is 5.97 Å². The van der Waals surface area contributed by atoms with Crippen molar-refractivity contribution in [2.45, 2.75) is 25.9 Å². The number of nitrogens with zero attached hydrogens (tertiary/aromatic N) is 1. The summed E-state index contributed by atoms with van der Waals surface area (Å²) in [7, 11) is 1.29. The molecule has 128 valence electrons. The fourth-order valence-corrected chi connectivity index (χ4v) is 2.55. The number of nitrogens with two attached hydrogens (primary N) is 1. The maximum atomic E-state index is 12.6. The van der Waals surface area contributed by atoms with E-state index in [0.29, 0.717) is 19.7 Å². The normalized spacial score (nSPS) is 16.0. The third-order valence-corrected chi connectivity index (χ3v) is 3.80. The predicted molar refractivity (Wildman–Crippen MR) is 88.4 cm³/mol. The molecule has 1 aliphatic rings. The van der Waals surface area contributed by atoms with Crippen molar-refractivity contribution in [3.63, 3.8) is 0 Å². The molecule has 7 heteroatoms. The Morgan fingerprint density at radius 1 is 1.39 bits per heavy atom. The van der Waals surface area contributed by atoms with E-state index in [9.17, 15) is 9.59 Å². The standard InChI is InChI=1S/C16H22N2O4.ClH/c1-11(9-13(17)16(20)21-2)15(19)18-7-8-22-14-6-4-3-5-12(14)10-18;/h3-6,11,13H,7-10,17H2,1-2H3;1H/t11?,13-;/m0./s1. The number of esters is 1. The molecule has 1 aromatic carbocycles. The highest BCUT2D eigenvalue weighted by molar-refractivity contribution is 5.85. The molecule has 1 aliphatic heterocycles. The summed E-state index contributed by atoms with van der Waals surface area (Å²) in [4.78, 5) is 25.7. The van der Waals surface area contributed by atoms with Gasteiger partial charge in [-0.15, -0.1) is 12.4 Å². The molecule has 0 fully saturated rings. The van der Waals surface area contributed by atoms with Crippen LogP contribution in [0, 0.1) is 5.92 Å². The largest absolute Gasteiger partial charge is 0.491 e. The van der Waals surface area contributed by atoms with Gasteiger partial charge in [0, 0.05) is 18.0 Å². The number of carbonyl (C=O) groups excluding carboxylic acids is 2. The van der Waals surface area contributed by atoms with Gasteiger partial charge in [-0.1, -0.05) is 25.1 Å². The van der Waals surface area contributed by atoms with Gasteiger partial charge in [-0.25, -0.2) is 0 Å². The molecule has 2 N–H and O–H groups in total. The minimum Gasteiger partial charge on any atom is -0.491 e. The quantitative estimate of drug-likeness (QED) is 0.835. The Bertz CT molecular complexity index is 553. The van der Waals surface area contributed by atoms with Gasteiger partial charge in [-0.05, 0) is 12.5 Å². The molecule has 2 rings (SSSR count). The lowest BCUT2D eigenvalue weighted by molar-refractivity contribution is -0.143. The van der Waals surface area contributed by atoms with Crippen molar-refractivity contribution in [3.8, 4) is 5.75 Å². The number of fused-ring (bicyclic) bond motifs is 1. The molecule has 23 heavy (non-hydrogen) atoms. The first-order chi connectivity index (χ1) is 10.5. The van der Waals surface area contributed by atoms with Crippen molar-refractivity contribution in [3.05, 3.63) is 29.8 Å². The highest BCUT2D eigenvalue weighted by atomic mass is 35.5. The molecule has 0 bridgehead atoms. The predicted octanol–water partition coefficient (Wildman–Crippen LogP) is 1.36. The van der Waals surface area contributed by atoms with Gasteiger partial charge in [0.2, 0.25) is 5.91 Å². The highest BCUT2D eigenvalue weighted by Crippen LogP contribution is 2.23. The molecule has 1 heterocycles. The SMILES string of the molecule is COC(=O)[C@@H](N)CC(C)C(=O)N1CCOc2ccccc2C1.Cl. The van der Waals surface area contributed by atoms with Crippen molar-refractivity contribution in [2.75, 3.05) is 20.3 Å². The Morgan fingerprint density at radius 2 is 2.09 bits per heavy atom. The van der Waals surface area contributed by atoms with E-state index in [4.69, 9.17) is 10.5 Å². The van der Waals surface area contributed by atoms with Crippen LogP contribution in [0.25, 0.3) is 0 Å². The highest BCUT2D eigenvalue weighted by Gasteiger charge is 2.27. The number of hydrogen-bond acceptors (Lipinski definition) is 5. The topological polar surface area (TPSA) is 81.9 Å². The fraction of sp³-hybridized carbons (Fsp3) is 0.500. The molecule has 0 aliphatic carbocycles. The number of ether oxygens (including phenoxy) is 2. The van der Waals surface area contributed by atoms with Gasteiger partial charge in [-0.3, -0.25) is 9.59 Å². The lowest BCUT2D eigenvalue weighted by Crippen LogP contribution is -2.40. The second-order valence-corrected chi connectivity index (χ2v) is 5.48. The van der Waals surface area contributed by atoms with Crippen LogP contribution in [0.2, 0.25) is 0 Å². The van der Waals surface area contributed by atoms with E-state index in [1.54, 1.807) is 11.8 Å². The zero-order valence-electron chi connectivity index (χ0n) is 13.4. The van der Waals surface area contributed by atoms with Crippen LogP contribution in [-0.4, -0.2) is 43.1 Å². The monoisotopic (exact) mass is 342 g/mol. The van der Waals surface area contributed by atoms with Crippen molar-refractivity contribution in [2.24, 2.45) is 11.7 Å². The van der Waals surface area contributed by atoms with Gasteiger partial charge in [0.15, 0.2) is 0 Å². The molecule has 1 unspecified atom stereocenters. The second kappa shape index (κ2) is 8.74. The Morgan fingerprint density at radius 3 is 2.78 bits per heavy atom. The molecule has 0 spiro atoms. The number of halogens is 1. The van der Waals surface area contributed by atoms with Crippen molar-refractivity contribution < 1.29 is 19.1 Å². The molecule has 0 saturated carbocycles. The van der Waals surface area contributed by atoms with E-state index < -0.39 is 12.0 Å². The first-order valence-corrected chi connectivity index (χ1v) is 7.35. The minimum absolute atomic E-state index is 0. The smallest absolute Gasteiger partial charge is 0.322 e. The van der Waals surface area contributed by atoms with Crippen molar-refractivity contribution in [1.82, 2.24) is 4.90 Å². The number of hydrogen-bond donors (Lipinski definition) is 1. The number of para-hydroxylation sites is 1. The molecule has 1 aromatic rings. The molecule has 2 atom stereocenters. The Hall–Kier alpha value is -1.79. The maximum absolute atomic E-state index is 12.6. The number of methoxy groups -OCH3 is 1. The average Bonchev–Trinajstić information content (AvgIpc) is 2.75. The van der Waals surface area contributed by atoms with E-state index in [-0.39, 0.29) is 30.7 Å². The van der Waals surface area contributed by atoms with Crippen LogP contribution in [-0.2, 0) is 20.9 Å². The molecule has 0 radical (unpaired) electrons. The minimum atomic E-state index is -0.778. The van der Waals surface area contributed by atoms with E-state index >= 15 is 0 Å². The number of rotatable bonds is 4. The molecular weight excluding hydrogens is 320 g/mol. The van der Waals surface area contributed by atoms with E-state index in [1.807, 2.05) is 24.3 Å². The van der Waals surface area contributed by atoms with Gasteiger partial charge in [0.1, 0.15) is 18.4 Å². The Labute approximate surface area is 142 Å². The third-order valence-electron chi connectivity index (χ3n) is 3.80. The number of benzene rings is 1. The van der Waals surface area contributed by atoms with Gasteiger partial charge < -0.3 is 20.1 Å². The molecular formula is C16H23ClN2O4. The average molecular weight is 343 g/mol. The van der Waals surface area contributed by atoms with Crippen molar-refractivity contribution in [1.29, 1.82) is 0 Å². The van der Waals surface area contributed by atoms with Crippen LogP contribution in [0.3, 0.4) is 0 Å². The summed E-state index contributed by atoms with van der Waals surface area (Å²) in [5.74, 6) is -0.0556. The van der Waals surface area contributed by atoms with E-state index in [0.717, 1.165) is 11.3 Å². The van der Waals surface area contributed by atoms with Gasteiger partial charge in [-0.2, -0.15) is 0 Å². The van der Waals surface area contributed by atoms with Crippen LogP contribution in [0.4, 0.5) is 0 Å². The Balaban J connectivity index is 0.00000264. The summed E-state index contributed by atoms with van der Waals surface area (Å²) in [6.45, 7) is 3.26. The summed E-state index contributed by atoms with van der Waals surface area (Å²) >= 11 is 0. The van der Waals surface area contributed by atoms with E-state index in [2.05, 4.69) is 4.74 Å². The van der Waals surface area contributed by atoms with Gasteiger partial charge in [0.25, 0.3) is 0 Å². The lowest BCUT2D eigenvalue weighted by Gasteiger charge is -2.24. The summed E-state index contributed by atoms with van der Waals surface area (Å²) in [5.41, 5.74) is 6.72. The first kappa shape index (κ1) is 19.3. The first-order valence-electron chi connectivity index (χ1n) is 7.35. The summed E-state index contributed by atoms with van der Waals surface area (Å²) < 4.78 is 10.2. The van der Waals surface area contributed by atoms with Crippen LogP contribution < -0.4 is 10.5 Å². The molecule has 0 saturated heterocycles. The van der Waals surface area contributed by atoms with Crippen LogP contribution in [0.5, 0.6) is 5.75 Å². The second-order valence-electron chi connectivity index (χ2n) is 5.48. The van der Waals surface area contributed by atoms with Crippen LogP contribution in [0.1, 0.15) is 18.9 Å². The third kappa shape index (κ3) is 4.84. The summed E-state index contributed by atoms with van der Waals surface area (Å²) in [5, 5.41) is 0. The van der Waals surface area contributed by atoms with Crippen LogP contribution in [0.15, 0.2) is 24.3 Å². The number of carbonyl (C=O) groups is 2. The Kier molecular flexibility index (Phi) is 7.32. The van der Waals surface area contributed by atoms with Crippen molar-refractivity contribution >= 4 is 24.3 Å². The molecule has 0 aromatic heterocycles. The van der Waals surface area contributed by atoms with Crippen LogP contribution >= 0.6 is 12.4 Å². The molecule has 6 nitrogen and oxygen atoms in total. The summed E-state index contributed by atoms with van der Waals surface area (Å²) in [6, 6.07) is 6.91. The summed E-state index contributed by atoms with van der Waals surface area (Å²) in [6.07, 6.45) is 0.268. The van der Waals surface area contributed by atoms with E-state index in [1.165, 1.54) is 7.11 Å². The number of amides is 1. The zero-order chi connectivity index (χ0) is 16.1. The zero-order valence-corrected chi connectivity index (χ0v) is 14.2. The maximum Gasteiger partial charge on any atom is 0.322 e.